The Kier molecular flexibility index (Phi) is 3.35. The Morgan fingerprint density at radius 3 is 2.27 bits per heavy atom. The molecule has 1 heterocycles. The summed E-state index contributed by atoms with van der Waals surface area (Å²) in [6.45, 7) is 4.85. The van der Waals surface area contributed by atoms with Gasteiger partial charge in [-0.2, -0.15) is 5.10 Å². The van der Waals surface area contributed by atoms with Crippen LogP contribution in [0.2, 0.25) is 5.15 Å². The lowest BCUT2D eigenvalue weighted by atomic mass is 10.1. The van der Waals surface area contributed by atoms with Gasteiger partial charge in [0.2, 0.25) is 0 Å². The maximum atomic E-state index is 12.6. The minimum atomic E-state index is -2.73. The summed E-state index contributed by atoms with van der Waals surface area (Å²) in [5.74, 6) is 0. The lowest BCUT2D eigenvalue weighted by Gasteiger charge is -2.20. The molecule has 0 unspecified atom stereocenters. The molecular formula is C9H13ClF2N2O. The van der Waals surface area contributed by atoms with E-state index in [0.717, 1.165) is 0 Å². The third-order valence-electron chi connectivity index (χ3n) is 1.95. The SMILES string of the molecule is CC(C)(C)n1nc(C(F)F)c(CO)c1Cl. The van der Waals surface area contributed by atoms with Crippen molar-refractivity contribution < 1.29 is 13.9 Å². The maximum Gasteiger partial charge on any atom is 0.282 e. The largest absolute Gasteiger partial charge is 0.391 e. The van der Waals surface area contributed by atoms with Crippen LogP contribution in [0.3, 0.4) is 0 Å². The van der Waals surface area contributed by atoms with Gasteiger partial charge in [-0.05, 0) is 20.8 Å². The lowest BCUT2D eigenvalue weighted by Crippen LogP contribution is -2.23. The van der Waals surface area contributed by atoms with Crippen LogP contribution >= 0.6 is 11.6 Å². The van der Waals surface area contributed by atoms with Gasteiger partial charge < -0.3 is 5.11 Å². The summed E-state index contributed by atoms with van der Waals surface area (Å²) in [6.07, 6.45) is -2.73. The van der Waals surface area contributed by atoms with Gasteiger partial charge in [-0.15, -0.1) is 0 Å². The molecule has 0 bridgehead atoms. The molecule has 3 nitrogen and oxygen atoms in total. The fourth-order valence-corrected chi connectivity index (χ4v) is 1.66. The number of hydrogen-bond donors (Lipinski definition) is 1. The number of aliphatic hydroxyl groups is 1. The van der Waals surface area contributed by atoms with Crippen LogP contribution in [0.25, 0.3) is 0 Å². The summed E-state index contributed by atoms with van der Waals surface area (Å²) >= 11 is 5.87. The molecule has 0 aliphatic rings. The molecule has 0 saturated carbocycles. The maximum absolute atomic E-state index is 12.6. The predicted molar refractivity (Wildman–Crippen MR) is 53.1 cm³/mol. The van der Waals surface area contributed by atoms with E-state index in [9.17, 15) is 8.78 Å². The van der Waals surface area contributed by atoms with Gasteiger partial charge in [0.05, 0.1) is 12.1 Å². The van der Waals surface area contributed by atoms with Crippen LogP contribution in [0.5, 0.6) is 0 Å². The van der Waals surface area contributed by atoms with Gasteiger partial charge in [0.15, 0.2) is 0 Å². The summed E-state index contributed by atoms with van der Waals surface area (Å²) in [5, 5.41) is 12.8. The summed E-state index contributed by atoms with van der Waals surface area (Å²) in [4.78, 5) is 0. The zero-order valence-electron chi connectivity index (χ0n) is 8.76. The molecule has 0 aliphatic carbocycles. The number of halogens is 3. The van der Waals surface area contributed by atoms with Crippen LogP contribution in [0, 0.1) is 0 Å². The van der Waals surface area contributed by atoms with Crippen molar-refractivity contribution in [3.8, 4) is 0 Å². The molecule has 0 atom stereocenters. The average Bonchev–Trinajstić information content (AvgIpc) is 2.41. The zero-order valence-corrected chi connectivity index (χ0v) is 9.52. The fourth-order valence-electron chi connectivity index (χ4n) is 1.21. The van der Waals surface area contributed by atoms with E-state index >= 15 is 0 Å². The first-order valence-corrected chi connectivity index (χ1v) is 4.83. The quantitative estimate of drug-likeness (QED) is 0.860. The molecule has 1 rings (SSSR count). The Hall–Kier alpha value is -0.680. The van der Waals surface area contributed by atoms with Crippen LogP contribution in [0.4, 0.5) is 8.78 Å². The number of hydrogen-bond acceptors (Lipinski definition) is 2. The van der Waals surface area contributed by atoms with Crippen molar-refractivity contribution >= 4 is 11.6 Å². The number of nitrogens with zero attached hydrogens (tertiary/aromatic N) is 2. The van der Waals surface area contributed by atoms with Gasteiger partial charge in [-0.3, -0.25) is 0 Å². The summed E-state index contributed by atoms with van der Waals surface area (Å²) in [7, 11) is 0. The van der Waals surface area contributed by atoms with E-state index in [-0.39, 0.29) is 10.7 Å². The minimum absolute atomic E-state index is 0.00147. The molecule has 1 N–H and O–H groups in total. The van der Waals surface area contributed by atoms with E-state index in [1.165, 1.54) is 4.68 Å². The average molecular weight is 239 g/mol. The van der Waals surface area contributed by atoms with Crippen molar-refractivity contribution in [1.82, 2.24) is 9.78 Å². The Balaban J connectivity index is 3.34. The minimum Gasteiger partial charge on any atom is -0.391 e. The molecule has 6 heteroatoms. The van der Waals surface area contributed by atoms with Crippen LogP contribution < -0.4 is 0 Å². The van der Waals surface area contributed by atoms with Gasteiger partial charge in [0, 0.05) is 5.56 Å². The Bertz CT molecular complexity index is 358. The van der Waals surface area contributed by atoms with Crippen LogP contribution in [-0.4, -0.2) is 14.9 Å². The second-order valence-corrected chi connectivity index (χ2v) is 4.55. The van der Waals surface area contributed by atoms with Crippen LogP contribution in [0.15, 0.2) is 0 Å². The third kappa shape index (κ3) is 2.29. The summed E-state index contributed by atoms with van der Waals surface area (Å²) in [6, 6.07) is 0. The molecule has 0 amide bonds. The summed E-state index contributed by atoms with van der Waals surface area (Å²) < 4.78 is 26.4. The van der Waals surface area contributed by atoms with E-state index in [1.807, 2.05) is 0 Å². The Morgan fingerprint density at radius 1 is 1.47 bits per heavy atom. The van der Waals surface area contributed by atoms with Crippen LogP contribution in [0.1, 0.15) is 38.5 Å². The molecule has 0 aromatic carbocycles. The Morgan fingerprint density at radius 2 is 2.00 bits per heavy atom. The monoisotopic (exact) mass is 238 g/mol. The highest BCUT2D eigenvalue weighted by molar-refractivity contribution is 6.30. The highest BCUT2D eigenvalue weighted by Crippen LogP contribution is 2.31. The molecule has 0 saturated heterocycles. The second-order valence-electron chi connectivity index (χ2n) is 4.20. The third-order valence-corrected chi connectivity index (χ3v) is 2.34. The van der Waals surface area contributed by atoms with Crippen molar-refractivity contribution in [2.45, 2.75) is 39.3 Å². The first kappa shape index (κ1) is 12.4. The lowest BCUT2D eigenvalue weighted by molar-refractivity contribution is 0.140. The molecule has 1 aromatic rings. The molecule has 0 spiro atoms. The number of rotatable bonds is 2. The van der Waals surface area contributed by atoms with E-state index in [4.69, 9.17) is 16.7 Å². The van der Waals surface area contributed by atoms with E-state index < -0.39 is 24.3 Å². The van der Waals surface area contributed by atoms with Crippen molar-refractivity contribution in [3.05, 3.63) is 16.4 Å². The Labute approximate surface area is 91.7 Å². The number of aliphatic hydroxyl groups excluding tert-OH is 1. The smallest absolute Gasteiger partial charge is 0.282 e. The zero-order chi connectivity index (χ0) is 11.8. The van der Waals surface area contributed by atoms with E-state index in [0.29, 0.717) is 0 Å². The van der Waals surface area contributed by atoms with Crippen molar-refractivity contribution in [2.24, 2.45) is 0 Å². The van der Waals surface area contributed by atoms with Crippen molar-refractivity contribution in [1.29, 1.82) is 0 Å². The number of aromatic nitrogens is 2. The molecule has 1 aromatic heterocycles. The first-order chi connectivity index (χ1) is 6.79. The highest BCUT2D eigenvalue weighted by Gasteiger charge is 2.27. The van der Waals surface area contributed by atoms with Crippen molar-refractivity contribution in [3.63, 3.8) is 0 Å². The fraction of sp³-hybridized carbons (Fsp3) is 0.667. The van der Waals surface area contributed by atoms with Gasteiger partial charge in [-0.1, -0.05) is 11.6 Å². The van der Waals surface area contributed by atoms with Crippen molar-refractivity contribution in [2.75, 3.05) is 0 Å². The standard InChI is InChI=1S/C9H13ClF2N2O/c1-9(2,3)14-7(10)5(4-15)6(13-14)8(11)12/h8,15H,4H2,1-3H3. The highest BCUT2D eigenvalue weighted by atomic mass is 35.5. The van der Waals surface area contributed by atoms with Gasteiger partial charge >= 0.3 is 0 Å². The van der Waals surface area contributed by atoms with E-state index in [2.05, 4.69) is 5.10 Å². The molecular weight excluding hydrogens is 226 g/mol. The predicted octanol–water partition coefficient (Wildman–Crippen LogP) is 2.72. The topological polar surface area (TPSA) is 38.0 Å². The van der Waals surface area contributed by atoms with Gasteiger partial charge in [-0.25, -0.2) is 13.5 Å². The van der Waals surface area contributed by atoms with E-state index in [1.54, 1.807) is 20.8 Å². The van der Waals surface area contributed by atoms with Gasteiger partial charge in [0.1, 0.15) is 10.8 Å². The number of alkyl halides is 2. The van der Waals surface area contributed by atoms with Crippen LogP contribution in [-0.2, 0) is 12.1 Å². The molecule has 0 radical (unpaired) electrons. The molecule has 0 fully saturated rings. The van der Waals surface area contributed by atoms with Gasteiger partial charge in [0.25, 0.3) is 6.43 Å². The second kappa shape index (κ2) is 4.06. The normalized spacial score (nSPS) is 12.5. The summed E-state index contributed by atoms with van der Waals surface area (Å²) in [5.41, 5.74) is -0.937. The first-order valence-electron chi connectivity index (χ1n) is 4.45. The molecule has 15 heavy (non-hydrogen) atoms. The molecule has 86 valence electrons. The molecule has 0 aliphatic heterocycles.